The van der Waals surface area contributed by atoms with E-state index in [1.54, 1.807) is 0 Å². The molecule has 2 N–H and O–H groups in total. The summed E-state index contributed by atoms with van der Waals surface area (Å²) >= 11 is 0. The maximum Gasteiger partial charge on any atom is 0.222 e. The van der Waals surface area contributed by atoms with E-state index in [-0.39, 0.29) is 11.9 Å². The molecule has 0 spiro atoms. The highest BCUT2D eigenvalue weighted by Gasteiger charge is 2.18. The molecule has 120 valence electrons. The number of amides is 1. The molecule has 2 atom stereocenters. The van der Waals surface area contributed by atoms with Gasteiger partial charge in [0.05, 0.1) is 6.04 Å². The molecule has 2 aromatic carbocycles. The Kier molecular flexibility index (Phi) is 5.09. The third-order valence-electron chi connectivity index (χ3n) is 4.49. The molecular weight excluding hydrogens is 284 g/mol. The van der Waals surface area contributed by atoms with Crippen LogP contribution in [-0.2, 0) is 4.79 Å². The fraction of sp³-hybridized carbons (Fsp3) is 0.350. The zero-order valence-corrected chi connectivity index (χ0v) is 13.6. The van der Waals surface area contributed by atoms with Crippen LogP contribution in [-0.4, -0.2) is 18.5 Å². The topological polar surface area (TPSA) is 41.1 Å². The van der Waals surface area contributed by atoms with E-state index in [0.717, 1.165) is 18.5 Å². The van der Waals surface area contributed by atoms with Gasteiger partial charge in [-0.15, -0.1) is 0 Å². The number of carbonyl (C=O) groups is 1. The second kappa shape index (κ2) is 7.42. The Morgan fingerprint density at radius 2 is 1.83 bits per heavy atom. The molecular formula is C20H24N2O. The fourth-order valence-corrected chi connectivity index (χ4v) is 3.13. The van der Waals surface area contributed by atoms with Gasteiger partial charge in [0, 0.05) is 12.5 Å². The van der Waals surface area contributed by atoms with Crippen LogP contribution in [0.4, 0.5) is 0 Å². The van der Waals surface area contributed by atoms with Crippen LogP contribution in [0.25, 0.3) is 11.1 Å². The van der Waals surface area contributed by atoms with Crippen molar-refractivity contribution in [3.63, 3.8) is 0 Å². The molecule has 0 aliphatic carbocycles. The summed E-state index contributed by atoms with van der Waals surface area (Å²) in [7, 11) is 0. The molecule has 1 fully saturated rings. The Bertz CT molecular complexity index is 630. The molecule has 1 heterocycles. The average Bonchev–Trinajstić information content (AvgIpc) is 3.08. The van der Waals surface area contributed by atoms with Crippen LogP contribution in [0.5, 0.6) is 0 Å². The summed E-state index contributed by atoms with van der Waals surface area (Å²) in [5.74, 6) is 0.129. The summed E-state index contributed by atoms with van der Waals surface area (Å²) in [4.78, 5) is 12.1. The molecule has 23 heavy (non-hydrogen) atoms. The highest BCUT2D eigenvalue weighted by molar-refractivity contribution is 5.77. The van der Waals surface area contributed by atoms with Crippen LogP contribution in [0.1, 0.15) is 37.8 Å². The zero-order valence-electron chi connectivity index (χ0n) is 13.6. The number of hydrogen-bond acceptors (Lipinski definition) is 2. The number of benzene rings is 2. The second-order valence-electron chi connectivity index (χ2n) is 6.27. The SMILES string of the molecule is CC(NC(=O)CC1CCCN1)c1ccc(-c2ccccc2)cc1. The molecule has 1 amide bonds. The predicted molar refractivity (Wildman–Crippen MR) is 94.1 cm³/mol. The lowest BCUT2D eigenvalue weighted by Gasteiger charge is -2.17. The van der Waals surface area contributed by atoms with E-state index < -0.39 is 0 Å². The summed E-state index contributed by atoms with van der Waals surface area (Å²) in [5, 5.41) is 6.47. The monoisotopic (exact) mass is 308 g/mol. The summed E-state index contributed by atoms with van der Waals surface area (Å²) in [6, 6.07) is 19.1. The van der Waals surface area contributed by atoms with Crippen LogP contribution in [0.15, 0.2) is 54.6 Å². The van der Waals surface area contributed by atoms with Crippen LogP contribution in [0, 0.1) is 0 Å². The number of hydrogen-bond donors (Lipinski definition) is 2. The van der Waals surface area contributed by atoms with E-state index >= 15 is 0 Å². The normalized spacial score (nSPS) is 18.6. The lowest BCUT2D eigenvalue weighted by molar-refractivity contribution is -0.122. The van der Waals surface area contributed by atoms with Crippen molar-refractivity contribution in [1.29, 1.82) is 0 Å². The average molecular weight is 308 g/mol. The number of rotatable bonds is 5. The fourth-order valence-electron chi connectivity index (χ4n) is 3.13. The molecule has 2 aromatic rings. The van der Waals surface area contributed by atoms with Gasteiger partial charge in [0.25, 0.3) is 0 Å². The second-order valence-corrected chi connectivity index (χ2v) is 6.27. The molecule has 0 radical (unpaired) electrons. The Hall–Kier alpha value is -2.13. The summed E-state index contributed by atoms with van der Waals surface area (Å²) in [6.07, 6.45) is 2.86. The van der Waals surface area contributed by atoms with Gasteiger partial charge in [0.1, 0.15) is 0 Å². The van der Waals surface area contributed by atoms with E-state index in [1.165, 1.54) is 17.5 Å². The number of carbonyl (C=O) groups excluding carboxylic acids is 1. The van der Waals surface area contributed by atoms with Gasteiger partial charge in [0.2, 0.25) is 5.91 Å². The molecule has 0 bridgehead atoms. The zero-order chi connectivity index (χ0) is 16.1. The van der Waals surface area contributed by atoms with Gasteiger partial charge in [-0.05, 0) is 43.0 Å². The van der Waals surface area contributed by atoms with Crippen molar-refractivity contribution >= 4 is 5.91 Å². The van der Waals surface area contributed by atoms with Gasteiger partial charge < -0.3 is 10.6 Å². The summed E-state index contributed by atoms with van der Waals surface area (Å²) in [5.41, 5.74) is 3.54. The van der Waals surface area contributed by atoms with Gasteiger partial charge >= 0.3 is 0 Å². The molecule has 1 saturated heterocycles. The molecule has 3 rings (SSSR count). The molecule has 0 aromatic heterocycles. The van der Waals surface area contributed by atoms with Crippen molar-refractivity contribution in [2.75, 3.05) is 6.54 Å². The van der Waals surface area contributed by atoms with Crippen LogP contribution in [0.2, 0.25) is 0 Å². The van der Waals surface area contributed by atoms with E-state index in [0.29, 0.717) is 12.5 Å². The smallest absolute Gasteiger partial charge is 0.222 e. The lowest BCUT2D eigenvalue weighted by Crippen LogP contribution is -2.33. The largest absolute Gasteiger partial charge is 0.350 e. The molecule has 0 saturated carbocycles. The van der Waals surface area contributed by atoms with Gasteiger partial charge in [-0.3, -0.25) is 4.79 Å². The Labute approximate surface area is 138 Å². The van der Waals surface area contributed by atoms with E-state index in [1.807, 2.05) is 25.1 Å². The van der Waals surface area contributed by atoms with E-state index in [2.05, 4.69) is 47.0 Å². The van der Waals surface area contributed by atoms with Gasteiger partial charge in [-0.25, -0.2) is 0 Å². The molecule has 3 heteroatoms. The molecule has 1 aliphatic rings. The summed E-state index contributed by atoms with van der Waals surface area (Å²) in [6.45, 7) is 3.08. The maximum absolute atomic E-state index is 12.1. The summed E-state index contributed by atoms with van der Waals surface area (Å²) < 4.78 is 0. The Morgan fingerprint density at radius 1 is 1.13 bits per heavy atom. The van der Waals surface area contributed by atoms with Gasteiger partial charge in [-0.1, -0.05) is 54.6 Å². The molecule has 3 nitrogen and oxygen atoms in total. The first kappa shape index (κ1) is 15.8. The Morgan fingerprint density at radius 3 is 2.48 bits per heavy atom. The van der Waals surface area contributed by atoms with Crippen molar-refractivity contribution in [1.82, 2.24) is 10.6 Å². The van der Waals surface area contributed by atoms with Crippen molar-refractivity contribution in [3.05, 3.63) is 60.2 Å². The van der Waals surface area contributed by atoms with Crippen molar-refractivity contribution in [2.45, 2.75) is 38.3 Å². The molecule has 2 unspecified atom stereocenters. The first-order valence-electron chi connectivity index (χ1n) is 8.40. The van der Waals surface area contributed by atoms with Gasteiger partial charge in [-0.2, -0.15) is 0 Å². The van der Waals surface area contributed by atoms with E-state index in [4.69, 9.17) is 0 Å². The van der Waals surface area contributed by atoms with E-state index in [9.17, 15) is 4.79 Å². The van der Waals surface area contributed by atoms with Crippen LogP contribution in [0.3, 0.4) is 0 Å². The highest BCUT2D eigenvalue weighted by Crippen LogP contribution is 2.22. The van der Waals surface area contributed by atoms with Crippen molar-refractivity contribution in [2.24, 2.45) is 0 Å². The minimum Gasteiger partial charge on any atom is -0.350 e. The number of nitrogens with one attached hydrogen (secondary N) is 2. The predicted octanol–water partition coefficient (Wildman–Crippen LogP) is 3.67. The quantitative estimate of drug-likeness (QED) is 0.885. The minimum atomic E-state index is 0.0359. The lowest BCUT2D eigenvalue weighted by atomic mass is 10.0. The minimum absolute atomic E-state index is 0.0359. The van der Waals surface area contributed by atoms with Crippen molar-refractivity contribution in [3.8, 4) is 11.1 Å². The highest BCUT2D eigenvalue weighted by atomic mass is 16.1. The van der Waals surface area contributed by atoms with Crippen LogP contribution < -0.4 is 10.6 Å². The maximum atomic E-state index is 12.1. The van der Waals surface area contributed by atoms with Crippen LogP contribution >= 0.6 is 0 Å². The standard InChI is InChI=1S/C20H24N2O/c1-15(22-20(23)14-19-8-5-13-21-19)16-9-11-18(12-10-16)17-6-3-2-4-7-17/h2-4,6-7,9-12,15,19,21H,5,8,13-14H2,1H3,(H,22,23). The van der Waals surface area contributed by atoms with Crippen molar-refractivity contribution < 1.29 is 4.79 Å². The third-order valence-corrected chi connectivity index (χ3v) is 4.49. The molecule has 1 aliphatic heterocycles. The third kappa shape index (κ3) is 4.20. The van der Waals surface area contributed by atoms with Gasteiger partial charge in [0.15, 0.2) is 0 Å². The Balaban J connectivity index is 1.59. The first-order chi connectivity index (χ1) is 11.2. The first-order valence-corrected chi connectivity index (χ1v) is 8.40.